The zero-order valence-corrected chi connectivity index (χ0v) is 12.2. The minimum atomic E-state index is 0.00694. The van der Waals surface area contributed by atoms with Crippen molar-refractivity contribution in [2.24, 2.45) is 0 Å². The molecule has 101 valence electrons. The SMILES string of the molecule is [Cl][Mn][Cl].c1cnn([C-](n2cccn2)n2cccn2)c1. The zero-order valence-electron chi connectivity index (χ0n) is 9.51. The molecule has 0 fully saturated rings. The first-order valence-electron chi connectivity index (χ1n) is 5.11. The van der Waals surface area contributed by atoms with Crippen molar-refractivity contribution in [2.45, 2.75) is 0 Å². The topological polar surface area (TPSA) is 53.5 Å². The Balaban J connectivity index is 0.000000408. The van der Waals surface area contributed by atoms with Crippen LogP contribution in [-0.2, 0) is 13.1 Å². The maximum Gasteiger partial charge on any atom is 0.160 e. The third kappa shape index (κ3) is 3.54. The molecule has 0 radical (unpaired) electrons. The molecule has 0 N–H and O–H groups in total. The van der Waals surface area contributed by atoms with Gasteiger partial charge in [0, 0.05) is 18.6 Å². The van der Waals surface area contributed by atoms with E-state index in [0.29, 0.717) is 0 Å². The fraction of sp³-hybridized carbons (Fsp3) is 0. The molecule has 0 amide bonds. The van der Waals surface area contributed by atoms with Crippen molar-refractivity contribution in [1.29, 1.82) is 0 Å². The van der Waals surface area contributed by atoms with Crippen LogP contribution in [0.3, 0.4) is 0 Å². The van der Waals surface area contributed by atoms with Gasteiger partial charge in [-0.15, -0.1) is 0 Å². The molecule has 0 unspecified atom stereocenters. The van der Waals surface area contributed by atoms with Gasteiger partial charge >= 0.3 is 33.3 Å². The third-order valence-corrected chi connectivity index (χ3v) is 2.13. The Morgan fingerprint density at radius 2 is 1.05 bits per heavy atom. The minimum absolute atomic E-state index is 0.00694. The first kappa shape index (κ1) is 14.0. The van der Waals surface area contributed by atoms with Gasteiger partial charge in [0.15, 0.2) is 6.29 Å². The average Bonchev–Trinajstić information content (AvgIpc) is 3.15. The number of hydrogen-bond donors (Lipinski definition) is 0. The van der Waals surface area contributed by atoms with E-state index in [-0.39, 0.29) is 13.1 Å². The van der Waals surface area contributed by atoms with Gasteiger partial charge in [-0.25, -0.2) is 0 Å². The van der Waals surface area contributed by atoms with Crippen LogP contribution in [0.25, 0.3) is 0 Å². The van der Waals surface area contributed by atoms with Gasteiger partial charge in [-0.3, -0.25) is 14.0 Å². The molecule has 0 aliphatic carbocycles. The van der Waals surface area contributed by atoms with Crippen LogP contribution >= 0.6 is 20.2 Å². The van der Waals surface area contributed by atoms with E-state index in [2.05, 4.69) is 15.3 Å². The third-order valence-electron chi connectivity index (χ3n) is 2.13. The van der Waals surface area contributed by atoms with E-state index >= 15 is 0 Å². The molecule has 3 aromatic heterocycles. The number of halogens is 2. The molecular formula is C10H9Cl2MnN6-. The van der Waals surface area contributed by atoms with Crippen molar-refractivity contribution in [3.63, 3.8) is 0 Å². The van der Waals surface area contributed by atoms with Crippen LogP contribution in [0.2, 0.25) is 0 Å². The van der Waals surface area contributed by atoms with Crippen LogP contribution in [0, 0.1) is 6.29 Å². The Morgan fingerprint density at radius 1 is 0.737 bits per heavy atom. The Labute approximate surface area is 124 Å². The van der Waals surface area contributed by atoms with Gasteiger partial charge in [0.25, 0.3) is 0 Å². The molecule has 0 aliphatic heterocycles. The van der Waals surface area contributed by atoms with E-state index in [0.717, 1.165) is 6.29 Å². The molecule has 3 rings (SSSR count). The van der Waals surface area contributed by atoms with Crippen LogP contribution in [0.4, 0.5) is 0 Å². The van der Waals surface area contributed by atoms with Crippen LogP contribution in [-0.4, -0.2) is 29.3 Å². The molecule has 0 aliphatic rings. The summed E-state index contributed by atoms with van der Waals surface area (Å²) < 4.78 is 5.12. The maximum atomic E-state index is 4.80. The zero-order chi connectivity index (χ0) is 13.5. The van der Waals surface area contributed by atoms with Crippen molar-refractivity contribution in [2.75, 3.05) is 0 Å². The summed E-state index contributed by atoms with van der Waals surface area (Å²) in [4.78, 5) is 0. The summed E-state index contributed by atoms with van der Waals surface area (Å²) in [5.74, 6) is 0. The summed E-state index contributed by atoms with van der Waals surface area (Å²) in [5.41, 5.74) is 0. The maximum absolute atomic E-state index is 4.80. The van der Waals surface area contributed by atoms with E-state index in [1.165, 1.54) is 0 Å². The fourth-order valence-electron chi connectivity index (χ4n) is 1.48. The molecular weight excluding hydrogens is 330 g/mol. The van der Waals surface area contributed by atoms with Crippen LogP contribution in [0.5, 0.6) is 0 Å². The Kier molecular flexibility index (Phi) is 5.35. The van der Waals surface area contributed by atoms with Gasteiger partial charge in [-0.1, -0.05) is 18.2 Å². The van der Waals surface area contributed by atoms with E-state index < -0.39 is 0 Å². The van der Waals surface area contributed by atoms with Crippen molar-refractivity contribution in [3.05, 3.63) is 61.7 Å². The predicted molar refractivity (Wildman–Crippen MR) is 67.8 cm³/mol. The van der Waals surface area contributed by atoms with Crippen LogP contribution in [0.15, 0.2) is 55.4 Å². The quantitative estimate of drug-likeness (QED) is 0.542. The Morgan fingerprint density at radius 3 is 1.26 bits per heavy atom. The van der Waals surface area contributed by atoms with Crippen LogP contribution < -0.4 is 0 Å². The van der Waals surface area contributed by atoms with Crippen LogP contribution in [0.1, 0.15) is 0 Å². The second-order valence-electron chi connectivity index (χ2n) is 3.21. The van der Waals surface area contributed by atoms with Gasteiger partial charge in [0.1, 0.15) is 0 Å². The molecule has 3 heterocycles. The molecule has 3 aromatic rings. The first-order chi connectivity index (χ1) is 9.36. The van der Waals surface area contributed by atoms with Crippen molar-refractivity contribution in [3.8, 4) is 0 Å². The van der Waals surface area contributed by atoms with Crippen molar-refractivity contribution < 1.29 is 13.1 Å². The van der Waals surface area contributed by atoms with E-state index in [1.54, 1.807) is 32.6 Å². The monoisotopic (exact) mass is 338 g/mol. The average molecular weight is 339 g/mol. The Hall–Kier alpha value is -1.40. The van der Waals surface area contributed by atoms with Gasteiger partial charge in [0.05, 0.1) is 0 Å². The van der Waals surface area contributed by atoms with Gasteiger partial charge < -0.3 is 0 Å². The fourth-order valence-corrected chi connectivity index (χ4v) is 1.48. The molecule has 9 heteroatoms. The second kappa shape index (κ2) is 7.25. The molecule has 0 spiro atoms. The van der Waals surface area contributed by atoms with Crippen molar-refractivity contribution in [1.82, 2.24) is 29.3 Å². The molecule has 19 heavy (non-hydrogen) atoms. The minimum Gasteiger partial charge on any atom is -0.287 e. The van der Waals surface area contributed by atoms with Crippen molar-refractivity contribution >= 4 is 20.2 Å². The summed E-state index contributed by atoms with van der Waals surface area (Å²) >= 11 is 0.00694. The number of rotatable bonds is 3. The normalized spacial score (nSPS) is 9.79. The summed E-state index contributed by atoms with van der Waals surface area (Å²) in [5, 5.41) is 12.6. The summed E-state index contributed by atoms with van der Waals surface area (Å²) in [6.07, 6.45) is 11.4. The molecule has 0 saturated carbocycles. The first-order valence-corrected chi connectivity index (χ1v) is 8.35. The van der Waals surface area contributed by atoms with E-state index in [1.807, 2.05) is 36.8 Å². The van der Waals surface area contributed by atoms with E-state index in [4.69, 9.17) is 20.2 Å². The van der Waals surface area contributed by atoms with Gasteiger partial charge in [-0.2, -0.15) is 15.3 Å². The standard InChI is InChI=1S/C10H9N6.2ClH.Mn/c1-4-11-14(7-1)10(15-8-2-5-12-15)16-9-3-6-13-16;;;/h1-9H;2*1H;/q-1;;;+2/p-2. The van der Waals surface area contributed by atoms with Gasteiger partial charge in [-0.05, 0) is 18.6 Å². The number of hydrogen-bond acceptors (Lipinski definition) is 3. The summed E-state index contributed by atoms with van der Waals surface area (Å²) in [6, 6.07) is 5.56. The molecule has 0 bridgehead atoms. The number of nitrogens with zero attached hydrogens (tertiary/aromatic N) is 6. The summed E-state index contributed by atoms with van der Waals surface area (Å²) in [7, 11) is 9.59. The smallest absolute Gasteiger partial charge is 0.160 e. The molecule has 0 saturated heterocycles. The van der Waals surface area contributed by atoms with Gasteiger partial charge in [0.2, 0.25) is 0 Å². The largest absolute Gasteiger partial charge is 0.287 e. The summed E-state index contributed by atoms with van der Waals surface area (Å²) in [6.45, 7) is 0. The molecule has 6 nitrogen and oxygen atoms in total. The predicted octanol–water partition coefficient (Wildman–Crippen LogP) is 2.04. The number of aromatic nitrogens is 6. The molecule has 0 aromatic carbocycles. The van der Waals surface area contributed by atoms with E-state index in [9.17, 15) is 0 Å². The second-order valence-corrected chi connectivity index (χ2v) is 5.16. The molecule has 0 atom stereocenters. The Bertz CT molecular complexity index is 469.